The number of nitrogens with one attached hydrogen (secondary N) is 1. The summed E-state index contributed by atoms with van der Waals surface area (Å²) in [4.78, 5) is 29.9. The summed E-state index contributed by atoms with van der Waals surface area (Å²) < 4.78 is 14.5. The number of carbonyl (C=O) groups excluding carboxylic acids is 1. The molecule has 0 unspecified atom stereocenters. The number of piperidine rings is 1. The van der Waals surface area contributed by atoms with Crippen molar-refractivity contribution in [2.75, 3.05) is 13.1 Å². The molecule has 3 aromatic rings. The number of likely N-dealkylation sites (tertiary alicyclic amines) is 1. The van der Waals surface area contributed by atoms with Gasteiger partial charge in [-0.05, 0) is 36.6 Å². The van der Waals surface area contributed by atoms with Crippen LogP contribution in [0.4, 0.5) is 4.39 Å². The molecule has 0 saturated carbocycles. The Hall–Kier alpha value is -3.29. The normalized spacial score (nSPS) is 16.9. The molecule has 0 aliphatic carbocycles. The number of H-pyrrole nitrogens is 1. The highest BCUT2D eigenvalue weighted by atomic mass is 19.1. The highest BCUT2D eigenvalue weighted by Crippen LogP contribution is 2.33. The molecule has 1 aliphatic heterocycles. The minimum Gasteiger partial charge on any atom is -0.340 e. The first-order valence-corrected chi connectivity index (χ1v) is 9.20. The molecule has 1 amide bonds. The molecular weight excluding hydrogens is 361 g/mol. The van der Waals surface area contributed by atoms with E-state index in [2.05, 4.69) is 15.2 Å². The maximum Gasteiger partial charge on any atom is 0.347 e. The first kappa shape index (κ1) is 18.1. The van der Waals surface area contributed by atoms with Crippen molar-refractivity contribution in [2.24, 2.45) is 0 Å². The van der Waals surface area contributed by atoms with Crippen LogP contribution in [0.25, 0.3) is 11.1 Å². The third-order valence-corrected chi connectivity index (χ3v) is 5.09. The maximum atomic E-state index is 13.2. The predicted molar refractivity (Wildman–Crippen MR) is 101 cm³/mol. The first-order chi connectivity index (χ1) is 13.6. The van der Waals surface area contributed by atoms with Crippen LogP contribution < -0.4 is 5.69 Å². The molecule has 7 nitrogen and oxygen atoms in total. The number of benzene rings is 1. The van der Waals surface area contributed by atoms with E-state index in [4.69, 9.17) is 0 Å². The fraction of sp³-hybridized carbons (Fsp3) is 0.300. The van der Waals surface area contributed by atoms with Crippen molar-refractivity contribution in [3.8, 4) is 11.1 Å². The lowest BCUT2D eigenvalue weighted by atomic mass is 9.90. The van der Waals surface area contributed by atoms with E-state index < -0.39 is 5.69 Å². The lowest BCUT2D eigenvalue weighted by Gasteiger charge is -2.33. The third-order valence-electron chi connectivity index (χ3n) is 5.09. The van der Waals surface area contributed by atoms with Crippen LogP contribution in [0.5, 0.6) is 0 Å². The van der Waals surface area contributed by atoms with Crippen molar-refractivity contribution < 1.29 is 9.18 Å². The summed E-state index contributed by atoms with van der Waals surface area (Å²) in [6.45, 7) is 1.18. The molecule has 1 saturated heterocycles. The average molecular weight is 381 g/mol. The molecule has 1 fully saturated rings. The van der Waals surface area contributed by atoms with E-state index in [0.717, 1.165) is 29.7 Å². The van der Waals surface area contributed by atoms with Crippen LogP contribution in [0.3, 0.4) is 0 Å². The van der Waals surface area contributed by atoms with E-state index in [1.807, 2.05) is 0 Å². The van der Waals surface area contributed by atoms with Gasteiger partial charge in [-0.1, -0.05) is 12.1 Å². The van der Waals surface area contributed by atoms with Crippen LogP contribution in [0.15, 0.2) is 53.7 Å². The lowest BCUT2D eigenvalue weighted by molar-refractivity contribution is -0.133. The quantitative estimate of drug-likeness (QED) is 0.751. The van der Waals surface area contributed by atoms with E-state index in [1.54, 1.807) is 35.5 Å². The number of hydrogen-bond donors (Lipinski definition) is 1. The van der Waals surface area contributed by atoms with Crippen LogP contribution in [-0.2, 0) is 11.3 Å². The summed E-state index contributed by atoms with van der Waals surface area (Å²) >= 11 is 0. The van der Waals surface area contributed by atoms with Crippen LogP contribution in [0.2, 0.25) is 0 Å². The fourth-order valence-electron chi connectivity index (χ4n) is 3.66. The summed E-state index contributed by atoms with van der Waals surface area (Å²) in [6.07, 6.45) is 6.50. The lowest BCUT2D eigenvalue weighted by Crippen LogP contribution is -2.42. The SMILES string of the molecule is O=C(Cn1cccnc1=O)N1CCC[C@H](c2[nH]ncc2-c2ccc(F)cc2)C1. The Kier molecular flexibility index (Phi) is 5.01. The number of amides is 1. The smallest absolute Gasteiger partial charge is 0.340 e. The van der Waals surface area contributed by atoms with Crippen molar-refractivity contribution in [2.45, 2.75) is 25.3 Å². The predicted octanol–water partition coefficient (Wildman–Crippen LogP) is 2.18. The highest BCUT2D eigenvalue weighted by Gasteiger charge is 2.27. The number of rotatable bonds is 4. The van der Waals surface area contributed by atoms with Crippen molar-refractivity contribution in [1.29, 1.82) is 0 Å². The van der Waals surface area contributed by atoms with E-state index >= 15 is 0 Å². The van der Waals surface area contributed by atoms with Crippen molar-refractivity contribution >= 4 is 5.91 Å². The Morgan fingerprint density at radius 2 is 2.11 bits per heavy atom. The first-order valence-electron chi connectivity index (χ1n) is 9.20. The molecule has 0 bridgehead atoms. The Bertz CT molecular complexity index is 1030. The van der Waals surface area contributed by atoms with E-state index in [1.165, 1.54) is 22.9 Å². The summed E-state index contributed by atoms with van der Waals surface area (Å²) in [5.41, 5.74) is 2.32. The molecular formula is C20H20FN5O2. The fourth-order valence-corrected chi connectivity index (χ4v) is 3.66. The second kappa shape index (κ2) is 7.75. The number of halogens is 1. The van der Waals surface area contributed by atoms with Gasteiger partial charge >= 0.3 is 5.69 Å². The van der Waals surface area contributed by atoms with Crippen molar-refractivity contribution in [3.05, 3.63) is 70.9 Å². The molecule has 3 heterocycles. The van der Waals surface area contributed by atoms with Crippen molar-refractivity contribution in [3.63, 3.8) is 0 Å². The summed E-state index contributed by atoms with van der Waals surface area (Å²) in [5.74, 6) is -0.289. The third kappa shape index (κ3) is 3.71. The maximum absolute atomic E-state index is 13.2. The molecule has 4 rings (SSSR count). The van der Waals surface area contributed by atoms with Gasteiger partial charge in [0.15, 0.2) is 0 Å². The molecule has 1 N–H and O–H groups in total. The minimum absolute atomic E-state index is 0.0206. The second-order valence-corrected chi connectivity index (χ2v) is 6.91. The number of aromatic nitrogens is 4. The van der Waals surface area contributed by atoms with Gasteiger partial charge < -0.3 is 4.90 Å². The topological polar surface area (TPSA) is 83.9 Å². The highest BCUT2D eigenvalue weighted by molar-refractivity contribution is 5.76. The van der Waals surface area contributed by atoms with Gasteiger partial charge in [0.05, 0.1) is 6.20 Å². The molecule has 0 radical (unpaired) electrons. The zero-order valence-corrected chi connectivity index (χ0v) is 15.2. The van der Waals surface area contributed by atoms with Gasteiger partial charge in [0.25, 0.3) is 0 Å². The number of aromatic amines is 1. The van der Waals surface area contributed by atoms with Gasteiger partial charge in [-0.3, -0.25) is 14.5 Å². The van der Waals surface area contributed by atoms with E-state index in [0.29, 0.717) is 13.1 Å². The van der Waals surface area contributed by atoms with E-state index in [9.17, 15) is 14.0 Å². The van der Waals surface area contributed by atoms with Gasteiger partial charge in [0.1, 0.15) is 12.4 Å². The van der Waals surface area contributed by atoms with Gasteiger partial charge in [-0.25, -0.2) is 14.2 Å². The standard InChI is InChI=1S/C20H20FN5O2/c21-16-6-4-14(5-7-16)17-11-23-24-19(17)15-3-1-9-25(12-15)18(27)13-26-10-2-8-22-20(26)28/h2,4-8,10-11,15H,1,3,9,12-13H2,(H,23,24)/t15-/m0/s1. The van der Waals surface area contributed by atoms with Gasteiger partial charge in [0, 0.05) is 42.7 Å². The molecule has 1 aromatic carbocycles. The van der Waals surface area contributed by atoms with E-state index in [-0.39, 0.29) is 24.2 Å². The Morgan fingerprint density at radius 3 is 2.89 bits per heavy atom. The number of nitrogens with zero attached hydrogens (tertiary/aromatic N) is 4. The minimum atomic E-state index is -0.434. The molecule has 144 valence electrons. The largest absolute Gasteiger partial charge is 0.347 e. The zero-order valence-electron chi connectivity index (χ0n) is 15.2. The second-order valence-electron chi connectivity index (χ2n) is 6.91. The number of hydrogen-bond acceptors (Lipinski definition) is 4. The molecule has 1 atom stereocenters. The summed E-state index contributed by atoms with van der Waals surface area (Å²) in [6, 6.07) is 7.94. The van der Waals surface area contributed by atoms with Crippen LogP contribution >= 0.6 is 0 Å². The number of carbonyl (C=O) groups is 1. The van der Waals surface area contributed by atoms with Crippen molar-refractivity contribution in [1.82, 2.24) is 24.6 Å². The Labute approximate surface area is 160 Å². The average Bonchev–Trinajstić information content (AvgIpc) is 3.20. The van der Waals surface area contributed by atoms with Gasteiger partial charge in [-0.15, -0.1) is 0 Å². The van der Waals surface area contributed by atoms with Crippen LogP contribution in [0.1, 0.15) is 24.5 Å². The molecule has 8 heteroatoms. The van der Waals surface area contributed by atoms with Crippen LogP contribution in [-0.4, -0.2) is 43.6 Å². The molecule has 0 spiro atoms. The zero-order chi connectivity index (χ0) is 19.5. The summed E-state index contributed by atoms with van der Waals surface area (Å²) in [7, 11) is 0. The van der Waals surface area contributed by atoms with Gasteiger partial charge in [-0.2, -0.15) is 5.10 Å². The Morgan fingerprint density at radius 1 is 1.29 bits per heavy atom. The van der Waals surface area contributed by atoms with Crippen LogP contribution in [0, 0.1) is 5.82 Å². The molecule has 1 aliphatic rings. The summed E-state index contributed by atoms with van der Waals surface area (Å²) in [5, 5.41) is 7.23. The molecule has 28 heavy (non-hydrogen) atoms. The Balaban J connectivity index is 1.51. The monoisotopic (exact) mass is 381 g/mol. The van der Waals surface area contributed by atoms with Gasteiger partial charge in [0.2, 0.25) is 5.91 Å². The molecule has 2 aromatic heterocycles.